The summed E-state index contributed by atoms with van der Waals surface area (Å²) in [6, 6.07) is 12.8. The Kier molecular flexibility index (Phi) is 7.02. The van der Waals surface area contributed by atoms with Crippen LogP contribution in [0.3, 0.4) is 0 Å². The first kappa shape index (κ1) is 22.8. The number of Topliss-reactive ketones (excluding diaryl/α,β-unsaturated/α-hetero) is 1. The van der Waals surface area contributed by atoms with Gasteiger partial charge in [-0.2, -0.15) is 9.28 Å². The van der Waals surface area contributed by atoms with Crippen molar-refractivity contribution in [3.63, 3.8) is 0 Å². The van der Waals surface area contributed by atoms with Crippen LogP contribution in [0.2, 0.25) is 0 Å². The third-order valence-electron chi connectivity index (χ3n) is 5.71. The van der Waals surface area contributed by atoms with Gasteiger partial charge in [-0.3, -0.25) is 9.59 Å². The Morgan fingerprint density at radius 3 is 2.26 bits per heavy atom. The first-order valence-electron chi connectivity index (χ1n) is 9.96. The molecule has 3 atom stereocenters. The van der Waals surface area contributed by atoms with Crippen LogP contribution < -0.4 is 0 Å². The smallest absolute Gasteiger partial charge is 0.435 e. The van der Waals surface area contributed by atoms with Crippen LogP contribution in [-0.4, -0.2) is 50.3 Å². The average Bonchev–Trinajstić information content (AvgIpc) is 3.16. The minimum atomic E-state index is -1.25. The van der Waals surface area contributed by atoms with Gasteiger partial charge in [-0.1, -0.05) is 42.1 Å². The lowest BCUT2D eigenvalue weighted by atomic mass is 10.0. The summed E-state index contributed by atoms with van der Waals surface area (Å²) in [6.07, 6.45) is -0.477. The van der Waals surface area contributed by atoms with E-state index in [1.54, 1.807) is 37.3 Å². The van der Waals surface area contributed by atoms with Gasteiger partial charge in [0.1, 0.15) is 11.9 Å². The molecule has 2 unspecified atom stereocenters. The number of benzene rings is 2. The third kappa shape index (κ3) is 4.75. The number of quaternary nitrogens is 1. The largest absolute Gasteiger partial charge is 0.521 e. The number of nitrogens with zero attached hydrogens (tertiary/aromatic N) is 1. The highest BCUT2D eigenvalue weighted by Crippen LogP contribution is 2.32. The van der Waals surface area contributed by atoms with E-state index in [1.807, 2.05) is 0 Å². The van der Waals surface area contributed by atoms with Gasteiger partial charge in [0.05, 0.1) is 18.2 Å². The van der Waals surface area contributed by atoms with Crippen LogP contribution in [0.5, 0.6) is 0 Å². The number of thioether (sulfide) groups is 1. The standard InChI is InChI=1S/C23H22FNO5S/c1-15-6-5-13-25(15,23(29)30)20(26)14-19(21(27)16-9-11-18(24)12-10-16)31-22(28)17-7-3-2-4-8-17/h2-4,7-12,15,19H,5-6,13-14H2,1H3/p+1/t15-,19?,25?/m1/s1. The molecule has 31 heavy (non-hydrogen) atoms. The number of carbonyl (C=O) groups is 4. The highest BCUT2D eigenvalue weighted by atomic mass is 32.2. The summed E-state index contributed by atoms with van der Waals surface area (Å²) in [7, 11) is 0. The van der Waals surface area contributed by atoms with Crippen molar-refractivity contribution in [1.82, 2.24) is 0 Å². The van der Waals surface area contributed by atoms with Crippen molar-refractivity contribution in [1.29, 1.82) is 0 Å². The second-order valence-electron chi connectivity index (χ2n) is 7.60. The lowest BCUT2D eigenvalue weighted by Gasteiger charge is -2.30. The molecule has 3 rings (SSSR count). The molecule has 2 aromatic rings. The molecule has 0 aliphatic carbocycles. The summed E-state index contributed by atoms with van der Waals surface area (Å²) < 4.78 is 12.5. The molecule has 2 aromatic carbocycles. The summed E-state index contributed by atoms with van der Waals surface area (Å²) in [5.41, 5.74) is 0.525. The molecule has 162 valence electrons. The van der Waals surface area contributed by atoms with Crippen LogP contribution >= 0.6 is 11.8 Å². The Labute approximate surface area is 183 Å². The molecular weight excluding hydrogens is 421 g/mol. The van der Waals surface area contributed by atoms with Gasteiger partial charge in [-0.05, 0) is 31.2 Å². The van der Waals surface area contributed by atoms with Crippen LogP contribution in [0.4, 0.5) is 9.18 Å². The minimum Gasteiger partial charge on any atom is -0.435 e. The molecule has 1 heterocycles. The molecule has 8 heteroatoms. The maximum atomic E-state index is 13.3. The normalized spacial score (nSPS) is 21.4. The number of likely N-dealkylation sites (tertiary alicyclic amines) is 1. The second kappa shape index (κ2) is 9.53. The number of ketones is 1. The summed E-state index contributed by atoms with van der Waals surface area (Å²) in [5.74, 6) is -1.64. The summed E-state index contributed by atoms with van der Waals surface area (Å²) in [5, 5.41) is 8.30. The molecule has 0 spiro atoms. The van der Waals surface area contributed by atoms with E-state index in [2.05, 4.69) is 0 Å². The van der Waals surface area contributed by atoms with Crippen molar-refractivity contribution in [2.24, 2.45) is 0 Å². The van der Waals surface area contributed by atoms with Crippen LogP contribution in [-0.2, 0) is 4.79 Å². The van der Waals surface area contributed by atoms with Crippen LogP contribution in [0.25, 0.3) is 0 Å². The molecule has 1 N–H and O–H groups in total. The van der Waals surface area contributed by atoms with E-state index in [1.165, 1.54) is 12.1 Å². The Balaban J connectivity index is 1.90. The average molecular weight is 445 g/mol. The molecule has 1 fully saturated rings. The summed E-state index contributed by atoms with van der Waals surface area (Å²) in [6.45, 7) is 1.86. The molecule has 1 aliphatic rings. The van der Waals surface area contributed by atoms with Crippen molar-refractivity contribution in [3.8, 4) is 0 Å². The van der Waals surface area contributed by atoms with Gasteiger partial charge in [0, 0.05) is 24.0 Å². The molecule has 0 bridgehead atoms. The Morgan fingerprint density at radius 2 is 1.71 bits per heavy atom. The number of halogens is 1. The quantitative estimate of drug-likeness (QED) is 0.520. The van der Waals surface area contributed by atoms with Gasteiger partial charge in [-0.25, -0.2) is 9.18 Å². The third-order valence-corrected chi connectivity index (χ3v) is 6.83. The summed E-state index contributed by atoms with van der Waals surface area (Å²) >= 11 is 0.698. The number of carboxylic acid groups (broad SMARTS) is 1. The van der Waals surface area contributed by atoms with Gasteiger partial charge in [0.15, 0.2) is 5.78 Å². The zero-order valence-corrected chi connectivity index (χ0v) is 17.8. The molecule has 0 aromatic heterocycles. The Hall–Kier alpha value is -2.84. The van der Waals surface area contributed by atoms with E-state index < -0.39 is 50.9 Å². The number of carbonyl (C=O) groups excluding carboxylic acids is 3. The Bertz CT molecular complexity index is 995. The number of hydrogen-bond acceptors (Lipinski definition) is 5. The van der Waals surface area contributed by atoms with Crippen LogP contribution in [0.15, 0.2) is 54.6 Å². The zero-order valence-electron chi connectivity index (χ0n) is 17.0. The van der Waals surface area contributed by atoms with Crippen molar-refractivity contribution >= 4 is 34.7 Å². The highest BCUT2D eigenvalue weighted by Gasteiger charge is 2.53. The zero-order chi connectivity index (χ0) is 22.6. The predicted molar refractivity (Wildman–Crippen MR) is 114 cm³/mol. The molecule has 0 saturated carbocycles. The van der Waals surface area contributed by atoms with Crippen molar-refractivity contribution in [2.45, 2.75) is 37.5 Å². The number of hydrogen-bond donors (Lipinski definition) is 1. The van der Waals surface area contributed by atoms with Gasteiger partial charge in [0.2, 0.25) is 5.12 Å². The van der Waals surface area contributed by atoms with E-state index in [9.17, 15) is 28.7 Å². The van der Waals surface area contributed by atoms with Crippen LogP contribution in [0, 0.1) is 5.82 Å². The fraction of sp³-hybridized carbons (Fsp3) is 0.304. The number of amides is 2. The first-order chi connectivity index (χ1) is 14.8. The summed E-state index contributed by atoms with van der Waals surface area (Å²) in [4.78, 5) is 51.1. The topological polar surface area (TPSA) is 88.5 Å². The fourth-order valence-corrected chi connectivity index (χ4v) is 4.92. The molecule has 0 radical (unpaired) electrons. The maximum Gasteiger partial charge on any atom is 0.521 e. The number of imide groups is 1. The van der Waals surface area contributed by atoms with Gasteiger partial charge >= 0.3 is 12.0 Å². The predicted octanol–water partition coefficient (Wildman–Crippen LogP) is 4.54. The highest BCUT2D eigenvalue weighted by molar-refractivity contribution is 8.15. The molecule has 1 saturated heterocycles. The maximum absolute atomic E-state index is 13.3. The van der Waals surface area contributed by atoms with Crippen molar-refractivity contribution < 1.29 is 33.2 Å². The molecule has 6 nitrogen and oxygen atoms in total. The lowest BCUT2D eigenvalue weighted by molar-refractivity contribution is -0.792. The van der Waals surface area contributed by atoms with Gasteiger partial charge < -0.3 is 5.11 Å². The van der Waals surface area contributed by atoms with E-state index >= 15 is 0 Å². The fourth-order valence-electron chi connectivity index (χ4n) is 3.92. The first-order valence-corrected chi connectivity index (χ1v) is 10.8. The number of rotatable bonds is 6. The van der Waals surface area contributed by atoms with E-state index in [4.69, 9.17) is 0 Å². The molecule has 2 amide bonds. The van der Waals surface area contributed by atoms with Crippen molar-refractivity contribution in [2.75, 3.05) is 6.54 Å². The van der Waals surface area contributed by atoms with E-state index in [0.717, 1.165) is 12.1 Å². The Morgan fingerprint density at radius 1 is 1.06 bits per heavy atom. The second-order valence-corrected chi connectivity index (χ2v) is 8.77. The SMILES string of the molecule is C[C@@H]1CCC[N+]1(C(=O)O)C(=O)CC(SC(=O)c1ccccc1)C(=O)c1ccc(F)cc1. The van der Waals surface area contributed by atoms with Gasteiger partial charge in [0.25, 0.3) is 0 Å². The van der Waals surface area contributed by atoms with Crippen LogP contribution in [0.1, 0.15) is 46.9 Å². The van der Waals surface area contributed by atoms with E-state index in [-0.39, 0.29) is 12.1 Å². The lowest BCUT2D eigenvalue weighted by Crippen LogP contribution is -2.59. The monoisotopic (exact) mass is 444 g/mol. The molecule has 1 aliphatic heterocycles. The van der Waals surface area contributed by atoms with Gasteiger partial charge in [-0.15, -0.1) is 0 Å². The molecular formula is C23H23FNO5S+. The van der Waals surface area contributed by atoms with E-state index in [0.29, 0.717) is 30.2 Å². The minimum absolute atomic E-state index is 0.156. The van der Waals surface area contributed by atoms with Crippen molar-refractivity contribution in [3.05, 3.63) is 71.5 Å².